The average molecular weight is 679 g/mol. The molecule has 0 saturated carbocycles. The van der Waals surface area contributed by atoms with Crippen molar-refractivity contribution in [2.75, 3.05) is 37.7 Å². The van der Waals surface area contributed by atoms with Crippen LogP contribution in [0.4, 0.5) is 15.0 Å². The molecular weight excluding hydrogens is 631 g/mol. The van der Waals surface area contributed by atoms with Gasteiger partial charge in [0.15, 0.2) is 11.6 Å². The van der Waals surface area contributed by atoms with Crippen LogP contribution in [0.2, 0.25) is 0 Å². The maximum Gasteiger partial charge on any atom is 0.410 e. The molecule has 264 valence electrons. The van der Waals surface area contributed by atoms with Crippen molar-refractivity contribution in [1.82, 2.24) is 24.8 Å². The number of fused-ring (bicyclic) bond motifs is 1. The highest BCUT2D eigenvalue weighted by Crippen LogP contribution is 2.40. The summed E-state index contributed by atoms with van der Waals surface area (Å²) in [5.74, 6) is 0.935. The van der Waals surface area contributed by atoms with E-state index in [1.54, 1.807) is 22.2 Å². The number of hydrogen-bond donors (Lipinski definition) is 1. The Morgan fingerprint density at radius 2 is 1.84 bits per heavy atom. The predicted molar refractivity (Wildman–Crippen MR) is 182 cm³/mol. The van der Waals surface area contributed by atoms with E-state index in [9.17, 15) is 19.1 Å². The quantitative estimate of drug-likeness (QED) is 0.275. The van der Waals surface area contributed by atoms with Crippen LogP contribution in [0.5, 0.6) is 17.2 Å². The van der Waals surface area contributed by atoms with Crippen LogP contribution in [0.15, 0.2) is 43.0 Å². The number of halogens is 1. The smallest absolute Gasteiger partial charge is 0.410 e. The zero-order valence-electron chi connectivity index (χ0n) is 29.2. The third-order valence-corrected chi connectivity index (χ3v) is 8.67. The van der Waals surface area contributed by atoms with Gasteiger partial charge in [-0.15, -0.1) is 0 Å². The Balaban J connectivity index is 1.31. The predicted octanol–water partition coefficient (Wildman–Crippen LogP) is 5.94. The molecule has 13 heteroatoms. The maximum atomic E-state index is 14.3. The lowest BCUT2D eigenvalue weighted by atomic mass is 9.93. The topological polar surface area (TPSA) is 130 Å². The second-order valence-electron chi connectivity index (χ2n) is 13.6. The Morgan fingerprint density at radius 1 is 1.08 bits per heavy atom. The number of hydrogen-bond acceptors (Lipinski definition) is 10. The third-order valence-electron chi connectivity index (χ3n) is 8.67. The number of nitrogens with zero attached hydrogens (tertiary/aromatic N) is 6. The Labute approximate surface area is 287 Å². The number of amides is 2. The molecule has 2 aromatic heterocycles. The van der Waals surface area contributed by atoms with E-state index < -0.39 is 23.6 Å². The number of benzene rings is 1. The molecule has 1 fully saturated rings. The minimum absolute atomic E-state index is 0.0742. The van der Waals surface area contributed by atoms with Crippen LogP contribution in [0.25, 0.3) is 0 Å². The van der Waals surface area contributed by atoms with Gasteiger partial charge < -0.3 is 34.0 Å². The molecule has 0 bridgehead atoms. The zero-order chi connectivity index (χ0) is 35.3. The van der Waals surface area contributed by atoms with Crippen molar-refractivity contribution < 1.29 is 33.3 Å². The first kappa shape index (κ1) is 35.8. The fraction of sp³-hybridized carbons (Fsp3) is 0.528. The van der Waals surface area contributed by atoms with Gasteiger partial charge in [0.2, 0.25) is 0 Å². The van der Waals surface area contributed by atoms with E-state index in [2.05, 4.69) is 19.9 Å². The summed E-state index contributed by atoms with van der Waals surface area (Å²) in [5, 5.41) is 9.95. The van der Waals surface area contributed by atoms with Gasteiger partial charge in [0.25, 0.3) is 5.91 Å². The van der Waals surface area contributed by atoms with Gasteiger partial charge in [-0.1, -0.05) is 0 Å². The molecule has 1 aromatic carbocycles. The number of ether oxygens (including phenoxy) is 3. The lowest BCUT2D eigenvalue weighted by Gasteiger charge is -2.39. The number of piperidine rings is 1. The highest BCUT2D eigenvalue weighted by atomic mass is 19.1. The zero-order valence-corrected chi connectivity index (χ0v) is 29.2. The monoisotopic (exact) mass is 678 g/mol. The van der Waals surface area contributed by atoms with E-state index in [-0.39, 0.29) is 36.0 Å². The van der Waals surface area contributed by atoms with Crippen molar-refractivity contribution in [2.45, 2.75) is 91.0 Å². The summed E-state index contributed by atoms with van der Waals surface area (Å²) in [7, 11) is 0. The molecule has 1 N–H and O–H groups in total. The van der Waals surface area contributed by atoms with Gasteiger partial charge >= 0.3 is 6.09 Å². The van der Waals surface area contributed by atoms with Crippen LogP contribution in [-0.4, -0.2) is 92.4 Å². The van der Waals surface area contributed by atoms with Crippen LogP contribution in [0.1, 0.15) is 88.5 Å². The van der Waals surface area contributed by atoms with Gasteiger partial charge in [-0.3, -0.25) is 9.78 Å². The van der Waals surface area contributed by atoms with Crippen molar-refractivity contribution >= 4 is 17.8 Å². The molecule has 49 heavy (non-hydrogen) atoms. The molecule has 2 aliphatic rings. The summed E-state index contributed by atoms with van der Waals surface area (Å²) in [4.78, 5) is 45.2. The molecule has 2 amide bonds. The molecule has 5 rings (SSSR count). The van der Waals surface area contributed by atoms with Crippen LogP contribution < -0.4 is 14.4 Å². The Bertz CT molecular complexity index is 1620. The lowest BCUT2D eigenvalue weighted by Crippen LogP contribution is -2.44. The summed E-state index contributed by atoms with van der Waals surface area (Å²) in [6.45, 7) is 13.2. The van der Waals surface area contributed by atoms with Crippen molar-refractivity contribution in [3.8, 4) is 17.2 Å². The number of carbonyl (C=O) groups is 2. The highest BCUT2D eigenvalue weighted by molar-refractivity contribution is 5.97. The number of carbonyl (C=O) groups excluding carboxylic acids is 2. The number of aliphatic hydroxyl groups is 1. The fourth-order valence-corrected chi connectivity index (χ4v) is 6.41. The van der Waals surface area contributed by atoms with E-state index in [0.717, 1.165) is 11.3 Å². The first-order valence-electron chi connectivity index (χ1n) is 17.0. The fourth-order valence-electron chi connectivity index (χ4n) is 6.41. The normalized spacial score (nSPS) is 16.7. The molecule has 0 aliphatic carbocycles. The van der Waals surface area contributed by atoms with E-state index in [0.29, 0.717) is 69.2 Å². The molecule has 1 atom stereocenters. The van der Waals surface area contributed by atoms with Crippen molar-refractivity contribution in [3.63, 3.8) is 0 Å². The van der Waals surface area contributed by atoms with Gasteiger partial charge in [0, 0.05) is 69.9 Å². The molecule has 1 unspecified atom stereocenters. The molecular formula is C36H47FN6O6. The standard InChI is InChI=1S/C36H47FN6O6/c1-7-42(23(2)3)34(45)26-20-24(37)8-9-29(26)48-31-21-38-22-40-33(31)41-16-11-25(12-17-41)47-30-10-15-39-27-13-18-43(28(14-19-44)32(27)30)35(46)49-36(4,5)6/h8-10,15,20-23,25,28,44H,7,11-14,16-19H2,1-6H3. The molecule has 0 spiro atoms. The van der Waals surface area contributed by atoms with Gasteiger partial charge in [-0.05, 0) is 72.2 Å². The van der Waals surface area contributed by atoms with E-state index >= 15 is 0 Å². The summed E-state index contributed by atoms with van der Waals surface area (Å²) < 4.78 is 32.9. The number of anilines is 1. The van der Waals surface area contributed by atoms with Crippen LogP contribution in [0, 0.1) is 5.82 Å². The minimum Gasteiger partial charge on any atom is -0.490 e. The molecule has 2 aliphatic heterocycles. The first-order chi connectivity index (χ1) is 23.4. The lowest BCUT2D eigenvalue weighted by molar-refractivity contribution is 0.0108. The number of pyridine rings is 1. The molecule has 3 aromatic rings. The van der Waals surface area contributed by atoms with Gasteiger partial charge in [-0.25, -0.2) is 19.2 Å². The highest BCUT2D eigenvalue weighted by Gasteiger charge is 2.37. The second-order valence-corrected chi connectivity index (χ2v) is 13.6. The molecule has 4 heterocycles. The van der Waals surface area contributed by atoms with Crippen molar-refractivity contribution in [1.29, 1.82) is 0 Å². The van der Waals surface area contributed by atoms with Gasteiger partial charge in [0.05, 0.1) is 23.5 Å². The largest absolute Gasteiger partial charge is 0.490 e. The third kappa shape index (κ3) is 8.38. The van der Waals surface area contributed by atoms with Gasteiger partial charge in [0.1, 0.15) is 35.3 Å². The summed E-state index contributed by atoms with van der Waals surface area (Å²) in [5.41, 5.74) is 1.14. The second kappa shape index (κ2) is 15.4. The van der Waals surface area contributed by atoms with Gasteiger partial charge in [-0.2, -0.15) is 0 Å². The summed E-state index contributed by atoms with van der Waals surface area (Å²) >= 11 is 0. The first-order valence-corrected chi connectivity index (χ1v) is 17.0. The van der Waals surface area contributed by atoms with Crippen molar-refractivity contribution in [3.05, 3.63) is 65.6 Å². The Kier molecular flexibility index (Phi) is 11.2. The minimum atomic E-state index is -0.652. The van der Waals surface area contributed by atoms with E-state index in [1.165, 1.54) is 24.5 Å². The van der Waals surface area contributed by atoms with E-state index in [1.807, 2.05) is 47.6 Å². The molecule has 1 saturated heterocycles. The van der Waals surface area contributed by atoms with Crippen LogP contribution >= 0.6 is 0 Å². The summed E-state index contributed by atoms with van der Waals surface area (Å²) in [6.07, 6.45) is 6.38. The maximum absolute atomic E-state index is 14.3. The van der Waals surface area contributed by atoms with Crippen LogP contribution in [-0.2, 0) is 11.2 Å². The number of rotatable bonds is 10. The van der Waals surface area contributed by atoms with Crippen molar-refractivity contribution in [2.24, 2.45) is 0 Å². The SMILES string of the molecule is CCN(C(=O)c1cc(F)ccc1Oc1cncnc1N1CCC(Oc2ccnc3c2C(CCO)N(C(=O)OC(C)(C)C)CC3)CC1)C(C)C. The molecule has 12 nitrogen and oxygen atoms in total. The van der Waals surface area contributed by atoms with E-state index in [4.69, 9.17) is 14.2 Å². The van der Waals surface area contributed by atoms with Crippen LogP contribution in [0.3, 0.4) is 0 Å². The number of aromatic nitrogens is 3. The molecule has 0 radical (unpaired) electrons. The number of aliphatic hydroxyl groups excluding tert-OH is 1. The Hall–Kier alpha value is -4.52. The average Bonchev–Trinajstić information content (AvgIpc) is 3.06. The Morgan fingerprint density at radius 3 is 2.51 bits per heavy atom. The summed E-state index contributed by atoms with van der Waals surface area (Å²) in [6, 6.07) is 5.24.